The van der Waals surface area contributed by atoms with Crippen molar-refractivity contribution in [1.82, 2.24) is 20.3 Å². The molecule has 0 amide bonds. The highest BCUT2D eigenvalue weighted by Crippen LogP contribution is 1.79. The van der Waals surface area contributed by atoms with Crippen LogP contribution < -0.4 is 5.32 Å². The Hall–Kier alpha value is -0.940. The second-order valence-electron chi connectivity index (χ2n) is 2.72. The third-order valence-electron chi connectivity index (χ3n) is 1.43. The molecular weight excluding hydrogens is 156 g/mol. The first-order chi connectivity index (χ1) is 5.79. The van der Waals surface area contributed by atoms with Crippen molar-refractivity contribution in [1.29, 1.82) is 0 Å². The lowest BCUT2D eigenvalue weighted by atomic mass is 10.4. The highest BCUT2D eigenvalue weighted by molar-refractivity contribution is 4.64. The van der Waals surface area contributed by atoms with Gasteiger partial charge in [0.25, 0.3) is 0 Å². The maximum Gasteiger partial charge on any atom is 0.0692 e. The van der Waals surface area contributed by atoms with Crippen molar-refractivity contribution in [2.75, 3.05) is 13.1 Å². The van der Waals surface area contributed by atoms with E-state index >= 15 is 0 Å². The van der Waals surface area contributed by atoms with E-state index < -0.39 is 0 Å². The number of nitrogens with zero attached hydrogens (tertiary/aromatic N) is 3. The largest absolute Gasteiger partial charge is 0.392 e. The molecule has 5 nitrogen and oxygen atoms in total. The summed E-state index contributed by atoms with van der Waals surface area (Å²) in [4.78, 5) is 0. The monoisotopic (exact) mass is 170 g/mol. The molecule has 68 valence electrons. The molecule has 0 spiro atoms. The molecule has 2 N–H and O–H groups in total. The molecule has 1 rings (SSSR count). The van der Waals surface area contributed by atoms with E-state index in [4.69, 9.17) is 5.11 Å². The van der Waals surface area contributed by atoms with E-state index in [2.05, 4.69) is 15.6 Å². The van der Waals surface area contributed by atoms with E-state index in [1.54, 1.807) is 17.8 Å². The van der Waals surface area contributed by atoms with Crippen LogP contribution in [0.2, 0.25) is 0 Å². The topological polar surface area (TPSA) is 63.0 Å². The predicted molar refractivity (Wildman–Crippen MR) is 44.6 cm³/mol. The van der Waals surface area contributed by atoms with Gasteiger partial charge in [0.2, 0.25) is 0 Å². The molecule has 5 heteroatoms. The van der Waals surface area contributed by atoms with E-state index in [1.807, 2.05) is 6.20 Å². The number of nitrogens with one attached hydrogen (secondary N) is 1. The lowest BCUT2D eigenvalue weighted by Crippen LogP contribution is -2.27. The fourth-order valence-electron chi connectivity index (χ4n) is 0.857. The van der Waals surface area contributed by atoms with E-state index in [0.29, 0.717) is 6.54 Å². The molecule has 0 fully saturated rings. The number of aromatic nitrogens is 3. The van der Waals surface area contributed by atoms with Crippen LogP contribution in [0, 0.1) is 0 Å². The Kier molecular flexibility index (Phi) is 3.69. The summed E-state index contributed by atoms with van der Waals surface area (Å²) in [5, 5.41) is 19.5. The SMILES string of the molecule is C[C@@H](O)CNCCn1ccnn1. The predicted octanol–water partition coefficient (Wildman–Crippen LogP) is -0.752. The normalized spacial score (nSPS) is 13.2. The molecule has 0 aromatic carbocycles. The fraction of sp³-hybridized carbons (Fsp3) is 0.714. The molecule has 0 radical (unpaired) electrons. The van der Waals surface area contributed by atoms with Crippen molar-refractivity contribution in [2.24, 2.45) is 0 Å². The van der Waals surface area contributed by atoms with Crippen molar-refractivity contribution in [3.63, 3.8) is 0 Å². The summed E-state index contributed by atoms with van der Waals surface area (Å²) in [6.45, 7) is 3.96. The van der Waals surface area contributed by atoms with Crippen molar-refractivity contribution in [3.05, 3.63) is 12.4 Å². The van der Waals surface area contributed by atoms with Gasteiger partial charge in [0.1, 0.15) is 0 Å². The zero-order chi connectivity index (χ0) is 8.81. The first-order valence-electron chi connectivity index (χ1n) is 4.02. The zero-order valence-corrected chi connectivity index (χ0v) is 7.14. The van der Waals surface area contributed by atoms with Crippen LogP contribution in [-0.4, -0.2) is 39.3 Å². The number of rotatable bonds is 5. The number of aliphatic hydroxyl groups is 1. The van der Waals surface area contributed by atoms with Gasteiger partial charge in [-0.2, -0.15) is 0 Å². The van der Waals surface area contributed by atoms with E-state index in [0.717, 1.165) is 13.1 Å². The van der Waals surface area contributed by atoms with Crippen molar-refractivity contribution in [3.8, 4) is 0 Å². The van der Waals surface area contributed by atoms with Crippen LogP contribution >= 0.6 is 0 Å². The molecule has 1 aromatic heterocycles. The highest BCUT2D eigenvalue weighted by atomic mass is 16.3. The lowest BCUT2D eigenvalue weighted by molar-refractivity contribution is 0.191. The van der Waals surface area contributed by atoms with Gasteiger partial charge >= 0.3 is 0 Å². The molecule has 0 bridgehead atoms. The van der Waals surface area contributed by atoms with Gasteiger partial charge in [-0.05, 0) is 6.92 Å². The molecule has 1 heterocycles. The van der Waals surface area contributed by atoms with Crippen LogP contribution in [0.25, 0.3) is 0 Å². The van der Waals surface area contributed by atoms with Crippen LogP contribution in [0.15, 0.2) is 12.4 Å². The minimum atomic E-state index is -0.291. The maximum absolute atomic E-state index is 8.91. The van der Waals surface area contributed by atoms with Gasteiger partial charge in [-0.15, -0.1) is 5.10 Å². The minimum Gasteiger partial charge on any atom is -0.392 e. The Morgan fingerprint density at radius 2 is 2.50 bits per heavy atom. The average Bonchev–Trinajstić information content (AvgIpc) is 2.49. The molecule has 12 heavy (non-hydrogen) atoms. The van der Waals surface area contributed by atoms with Gasteiger partial charge in [0.05, 0.1) is 18.8 Å². The molecule has 0 saturated carbocycles. The summed E-state index contributed by atoms with van der Waals surface area (Å²) in [5.41, 5.74) is 0. The zero-order valence-electron chi connectivity index (χ0n) is 7.14. The van der Waals surface area contributed by atoms with Crippen molar-refractivity contribution < 1.29 is 5.11 Å². The first kappa shape index (κ1) is 9.15. The summed E-state index contributed by atoms with van der Waals surface area (Å²) in [5.74, 6) is 0. The van der Waals surface area contributed by atoms with Gasteiger partial charge in [-0.1, -0.05) is 5.21 Å². The smallest absolute Gasteiger partial charge is 0.0692 e. The summed E-state index contributed by atoms with van der Waals surface area (Å²) >= 11 is 0. The fourth-order valence-corrected chi connectivity index (χ4v) is 0.857. The molecule has 0 aliphatic rings. The summed E-state index contributed by atoms with van der Waals surface area (Å²) in [7, 11) is 0. The molecule has 0 unspecified atom stereocenters. The van der Waals surface area contributed by atoms with Crippen molar-refractivity contribution >= 4 is 0 Å². The van der Waals surface area contributed by atoms with Gasteiger partial charge in [0, 0.05) is 19.3 Å². The number of hydrogen-bond donors (Lipinski definition) is 2. The second-order valence-corrected chi connectivity index (χ2v) is 2.72. The second kappa shape index (κ2) is 4.84. The maximum atomic E-state index is 8.91. The van der Waals surface area contributed by atoms with Gasteiger partial charge in [0.15, 0.2) is 0 Å². The van der Waals surface area contributed by atoms with Gasteiger partial charge < -0.3 is 10.4 Å². The summed E-state index contributed by atoms with van der Waals surface area (Å²) in [6.07, 6.45) is 3.17. The summed E-state index contributed by atoms with van der Waals surface area (Å²) < 4.78 is 1.75. The third kappa shape index (κ3) is 3.45. The molecule has 1 atom stereocenters. The van der Waals surface area contributed by atoms with E-state index in [-0.39, 0.29) is 6.10 Å². The minimum absolute atomic E-state index is 0.291. The first-order valence-corrected chi connectivity index (χ1v) is 4.02. The summed E-state index contributed by atoms with van der Waals surface area (Å²) in [6, 6.07) is 0. The van der Waals surface area contributed by atoms with Gasteiger partial charge in [-0.3, -0.25) is 4.68 Å². The van der Waals surface area contributed by atoms with Crippen LogP contribution in [0.4, 0.5) is 0 Å². The van der Waals surface area contributed by atoms with Crippen LogP contribution in [0.1, 0.15) is 6.92 Å². The Morgan fingerprint density at radius 3 is 3.08 bits per heavy atom. The highest BCUT2D eigenvalue weighted by Gasteiger charge is 1.94. The molecule has 0 saturated heterocycles. The Balaban J connectivity index is 2.04. The quantitative estimate of drug-likeness (QED) is 0.571. The van der Waals surface area contributed by atoms with Gasteiger partial charge in [-0.25, -0.2) is 0 Å². The third-order valence-corrected chi connectivity index (χ3v) is 1.43. The average molecular weight is 170 g/mol. The Morgan fingerprint density at radius 1 is 1.67 bits per heavy atom. The van der Waals surface area contributed by atoms with Crippen LogP contribution in [0.3, 0.4) is 0 Å². The molecule has 0 aliphatic carbocycles. The van der Waals surface area contributed by atoms with Crippen LogP contribution in [0.5, 0.6) is 0 Å². The Labute approximate surface area is 71.4 Å². The Bertz CT molecular complexity index is 197. The van der Waals surface area contributed by atoms with Crippen molar-refractivity contribution in [2.45, 2.75) is 19.6 Å². The van der Waals surface area contributed by atoms with E-state index in [1.165, 1.54) is 0 Å². The molecule has 1 aromatic rings. The number of aliphatic hydroxyl groups excluding tert-OH is 1. The van der Waals surface area contributed by atoms with Crippen LogP contribution in [-0.2, 0) is 6.54 Å². The molecule has 0 aliphatic heterocycles. The lowest BCUT2D eigenvalue weighted by Gasteiger charge is -2.05. The number of hydrogen-bond acceptors (Lipinski definition) is 4. The standard InChI is InChI=1S/C7H14N4O/c1-7(12)6-8-2-4-11-5-3-9-10-11/h3,5,7-8,12H,2,4,6H2,1H3/t7-/m1/s1. The van der Waals surface area contributed by atoms with E-state index in [9.17, 15) is 0 Å². The molecular formula is C7H14N4O.